The van der Waals surface area contributed by atoms with Crippen LogP contribution in [0.1, 0.15) is 26.1 Å². The van der Waals surface area contributed by atoms with E-state index in [2.05, 4.69) is 15.5 Å². The fraction of sp³-hybridized carbons (Fsp3) is 0.400. The molecule has 3 N–H and O–H groups in total. The van der Waals surface area contributed by atoms with Gasteiger partial charge in [0.05, 0.1) is 18.0 Å². The lowest BCUT2D eigenvalue weighted by molar-refractivity contribution is -0.115. The van der Waals surface area contributed by atoms with E-state index in [-0.39, 0.29) is 11.2 Å². The Balaban J connectivity index is 2.03. The lowest BCUT2D eigenvalue weighted by atomic mass is 10.3. The monoisotopic (exact) mass is 335 g/mol. The zero-order valence-corrected chi connectivity index (χ0v) is 14.3. The van der Waals surface area contributed by atoms with E-state index < -0.39 is 0 Å². The number of nitrogens with zero attached hydrogens (tertiary/aromatic N) is 3. The van der Waals surface area contributed by atoms with Crippen molar-refractivity contribution in [1.29, 1.82) is 0 Å². The van der Waals surface area contributed by atoms with Crippen molar-refractivity contribution >= 4 is 23.4 Å². The molecule has 1 aromatic carbocycles. The number of nitrogen functional groups attached to an aromatic ring is 1. The van der Waals surface area contributed by atoms with Crippen LogP contribution in [-0.2, 0) is 11.2 Å². The van der Waals surface area contributed by atoms with Crippen LogP contribution in [0.15, 0.2) is 29.4 Å². The molecular weight excluding hydrogens is 314 g/mol. The minimum Gasteiger partial charge on any atom is -0.495 e. The van der Waals surface area contributed by atoms with Gasteiger partial charge in [-0.1, -0.05) is 30.8 Å². The molecule has 2 rings (SSSR count). The van der Waals surface area contributed by atoms with E-state index in [1.54, 1.807) is 26.2 Å². The van der Waals surface area contributed by atoms with Crippen molar-refractivity contribution in [2.75, 3.05) is 18.3 Å². The van der Waals surface area contributed by atoms with Crippen molar-refractivity contribution in [2.45, 2.75) is 37.1 Å². The van der Waals surface area contributed by atoms with E-state index in [1.165, 1.54) is 16.4 Å². The van der Waals surface area contributed by atoms with Crippen LogP contribution in [-0.4, -0.2) is 33.1 Å². The summed E-state index contributed by atoms with van der Waals surface area (Å²) in [5, 5.41) is 11.1. The molecule has 2 aromatic rings. The SMILES string of the molecule is CCCc1nnc(SC(C)C(=O)Nc2ccccc2OC)n1N. The molecule has 0 radical (unpaired) electrons. The molecule has 1 atom stereocenters. The second-order valence-electron chi connectivity index (χ2n) is 4.97. The Hall–Kier alpha value is -2.22. The molecule has 1 aromatic heterocycles. The summed E-state index contributed by atoms with van der Waals surface area (Å²) in [4.78, 5) is 12.3. The maximum Gasteiger partial charge on any atom is 0.237 e. The van der Waals surface area contributed by atoms with Crippen molar-refractivity contribution in [3.63, 3.8) is 0 Å². The first-order chi connectivity index (χ1) is 11.1. The summed E-state index contributed by atoms with van der Waals surface area (Å²) in [6.07, 6.45) is 1.69. The van der Waals surface area contributed by atoms with Gasteiger partial charge in [0.15, 0.2) is 5.82 Å². The van der Waals surface area contributed by atoms with E-state index in [9.17, 15) is 4.79 Å². The van der Waals surface area contributed by atoms with Crippen molar-refractivity contribution in [3.05, 3.63) is 30.1 Å². The molecular formula is C15H21N5O2S. The zero-order valence-electron chi connectivity index (χ0n) is 13.4. The summed E-state index contributed by atoms with van der Waals surface area (Å²) < 4.78 is 6.67. The van der Waals surface area contributed by atoms with Gasteiger partial charge in [0.25, 0.3) is 0 Å². The average Bonchev–Trinajstić information content (AvgIpc) is 2.89. The fourth-order valence-electron chi connectivity index (χ4n) is 1.98. The molecule has 124 valence electrons. The predicted molar refractivity (Wildman–Crippen MR) is 91.1 cm³/mol. The number of para-hydroxylation sites is 2. The second kappa shape index (κ2) is 7.87. The van der Waals surface area contributed by atoms with Gasteiger partial charge in [-0.2, -0.15) is 0 Å². The van der Waals surface area contributed by atoms with Crippen molar-refractivity contribution in [2.24, 2.45) is 0 Å². The molecule has 0 spiro atoms. The number of hydrogen-bond acceptors (Lipinski definition) is 6. The number of aryl methyl sites for hydroxylation is 1. The molecule has 0 aliphatic rings. The lowest BCUT2D eigenvalue weighted by Gasteiger charge is -2.13. The minimum atomic E-state index is -0.374. The summed E-state index contributed by atoms with van der Waals surface area (Å²) in [6.45, 7) is 3.84. The number of nitrogens with one attached hydrogen (secondary N) is 1. The summed E-state index contributed by atoms with van der Waals surface area (Å²) in [6, 6.07) is 7.27. The van der Waals surface area contributed by atoms with Crippen LogP contribution in [0.4, 0.5) is 5.69 Å². The van der Waals surface area contributed by atoms with Crippen molar-refractivity contribution in [3.8, 4) is 5.75 Å². The highest BCUT2D eigenvalue weighted by Gasteiger charge is 2.20. The fourth-order valence-corrected chi connectivity index (χ4v) is 2.76. The first kappa shape index (κ1) is 17.1. The van der Waals surface area contributed by atoms with Crippen LogP contribution in [0.3, 0.4) is 0 Å². The molecule has 0 saturated carbocycles. The molecule has 1 heterocycles. The van der Waals surface area contributed by atoms with E-state index in [0.717, 1.165) is 12.8 Å². The Labute approximate surface area is 139 Å². The first-order valence-corrected chi connectivity index (χ1v) is 8.24. The Bertz CT molecular complexity index is 674. The quantitative estimate of drug-likeness (QED) is 0.594. The Morgan fingerprint density at radius 3 is 2.87 bits per heavy atom. The van der Waals surface area contributed by atoms with E-state index >= 15 is 0 Å². The number of benzene rings is 1. The standard InChI is InChI=1S/C15H21N5O2S/c1-4-7-13-18-19-15(20(13)16)23-10(2)14(21)17-11-8-5-6-9-12(11)22-3/h5-6,8-10H,4,7,16H2,1-3H3,(H,17,21). The molecule has 8 heteroatoms. The topological polar surface area (TPSA) is 95.1 Å². The minimum absolute atomic E-state index is 0.153. The molecule has 0 aliphatic carbocycles. The van der Waals surface area contributed by atoms with Gasteiger partial charge in [-0.15, -0.1) is 10.2 Å². The molecule has 0 aliphatic heterocycles. The number of rotatable bonds is 7. The lowest BCUT2D eigenvalue weighted by Crippen LogP contribution is -2.24. The molecule has 0 fully saturated rings. The number of amides is 1. The number of thioether (sulfide) groups is 1. The van der Waals surface area contributed by atoms with Crippen LogP contribution in [0, 0.1) is 0 Å². The highest BCUT2D eigenvalue weighted by Crippen LogP contribution is 2.26. The zero-order chi connectivity index (χ0) is 16.8. The largest absolute Gasteiger partial charge is 0.495 e. The normalized spacial score (nSPS) is 12.0. The molecule has 1 unspecified atom stereocenters. The smallest absolute Gasteiger partial charge is 0.237 e. The highest BCUT2D eigenvalue weighted by molar-refractivity contribution is 8.00. The van der Waals surface area contributed by atoms with Crippen LogP contribution >= 0.6 is 11.8 Å². The number of methoxy groups -OCH3 is 1. The molecule has 1 amide bonds. The second-order valence-corrected chi connectivity index (χ2v) is 6.28. The summed E-state index contributed by atoms with van der Waals surface area (Å²) in [7, 11) is 1.56. The average molecular weight is 335 g/mol. The van der Waals surface area contributed by atoms with Gasteiger partial charge < -0.3 is 15.9 Å². The van der Waals surface area contributed by atoms with Crippen LogP contribution < -0.4 is 15.9 Å². The van der Waals surface area contributed by atoms with Gasteiger partial charge in [-0.25, -0.2) is 4.68 Å². The summed E-state index contributed by atoms with van der Waals surface area (Å²) in [5.74, 6) is 7.13. The van der Waals surface area contributed by atoms with E-state index in [1.807, 2.05) is 19.1 Å². The Kier molecular flexibility index (Phi) is 5.86. The Morgan fingerprint density at radius 1 is 1.43 bits per heavy atom. The molecule has 7 nitrogen and oxygen atoms in total. The van der Waals surface area contributed by atoms with Crippen LogP contribution in [0.5, 0.6) is 5.75 Å². The third kappa shape index (κ3) is 4.16. The highest BCUT2D eigenvalue weighted by atomic mass is 32.2. The summed E-state index contributed by atoms with van der Waals surface area (Å²) in [5.41, 5.74) is 0.633. The predicted octanol–water partition coefficient (Wildman–Crippen LogP) is 2.07. The third-order valence-corrected chi connectivity index (χ3v) is 4.28. The molecule has 0 bridgehead atoms. The number of aromatic nitrogens is 3. The van der Waals surface area contributed by atoms with Gasteiger partial charge in [0, 0.05) is 6.42 Å². The number of carbonyl (C=O) groups excluding carboxylic acids is 1. The van der Waals surface area contributed by atoms with Crippen molar-refractivity contribution < 1.29 is 9.53 Å². The Morgan fingerprint density at radius 2 is 2.17 bits per heavy atom. The van der Waals surface area contributed by atoms with Gasteiger partial charge in [-0.3, -0.25) is 4.79 Å². The number of nitrogens with two attached hydrogens (primary N) is 1. The van der Waals surface area contributed by atoms with E-state index in [4.69, 9.17) is 10.6 Å². The number of anilines is 1. The van der Waals surface area contributed by atoms with Gasteiger partial charge in [-0.05, 0) is 25.5 Å². The van der Waals surface area contributed by atoms with Gasteiger partial charge >= 0.3 is 0 Å². The van der Waals surface area contributed by atoms with E-state index in [0.29, 0.717) is 22.4 Å². The third-order valence-electron chi connectivity index (χ3n) is 3.23. The summed E-state index contributed by atoms with van der Waals surface area (Å²) >= 11 is 1.27. The van der Waals surface area contributed by atoms with Crippen LogP contribution in [0.2, 0.25) is 0 Å². The maximum atomic E-state index is 12.3. The molecule has 23 heavy (non-hydrogen) atoms. The number of carbonyl (C=O) groups is 1. The maximum absolute atomic E-state index is 12.3. The number of hydrogen-bond donors (Lipinski definition) is 2. The number of ether oxygens (including phenoxy) is 1. The molecule has 0 saturated heterocycles. The first-order valence-electron chi connectivity index (χ1n) is 7.36. The van der Waals surface area contributed by atoms with Crippen LogP contribution in [0.25, 0.3) is 0 Å². The van der Waals surface area contributed by atoms with Gasteiger partial charge in [0.2, 0.25) is 11.1 Å². The van der Waals surface area contributed by atoms with Crippen molar-refractivity contribution in [1.82, 2.24) is 14.9 Å². The van der Waals surface area contributed by atoms with Gasteiger partial charge in [0.1, 0.15) is 5.75 Å².